The van der Waals surface area contributed by atoms with E-state index in [4.69, 9.17) is 23.7 Å². The summed E-state index contributed by atoms with van der Waals surface area (Å²) in [5.41, 5.74) is 0. The lowest BCUT2D eigenvalue weighted by Crippen LogP contribution is -2.09. The van der Waals surface area contributed by atoms with Crippen molar-refractivity contribution in [3.63, 3.8) is 0 Å². The fourth-order valence-corrected chi connectivity index (χ4v) is 1.50. The lowest BCUT2D eigenvalue weighted by atomic mass is 10.2. The van der Waals surface area contributed by atoms with Gasteiger partial charge in [0, 0.05) is 19.3 Å². The molecule has 0 saturated carbocycles. The van der Waals surface area contributed by atoms with Crippen molar-refractivity contribution < 1.29 is 28.5 Å². The van der Waals surface area contributed by atoms with Crippen molar-refractivity contribution in [3.05, 3.63) is 25.5 Å². The van der Waals surface area contributed by atoms with Crippen LogP contribution in [0.2, 0.25) is 0 Å². The molecule has 0 aliphatic heterocycles. The fraction of sp³-hybridized carbons (Fsp3) is 0.688. The SMILES string of the molecule is C=COCOCCOCCCCCCOCCOC(=O)C=C. The Kier molecular flexibility index (Phi) is 16.6. The van der Waals surface area contributed by atoms with Crippen LogP contribution in [-0.2, 0) is 28.5 Å². The molecule has 0 radical (unpaired) electrons. The third kappa shape index (κ3) is 16.7. The van der Waals surface area contributed by atoms with Crippen molar-refractivity contribution in [3.8, 4) is 0 Å². The molecule has 0 aromatic heterocycles. The zero-order valence-electron chi connectivity index (χ0n) is 13.3. The average molecular weight is 316 g/mol. The van der Waals surface area contributed by atoms with E-state index in [0.717, 1.165) is 38.4 Å². The third-order valence-electron chi connectivity index (χ3n) is 2.61. The largest absolute Gasteiger partial charge is 0.476 e. The van der Waals surface area contributed by atoms with Crippen LogP contribution in [0.15, 0.2) is 25.5 Å². The summed E-state index contributed by atoms with van der Waals surface area (Å²) in [6.07, 6.45) is 6.72. The predicted molar refractivity (Wildman–Crippen MR) is 83.4 cm³/mol. The first-order valence-electron chi connectivity index (χ1n) is 7.56. The Hall–Kier alpha value is -1.37. The summed E-state index contributed by atoms with van der Waals surface area (Å²) >= 11 is 0. The highest BCUT2D eigenvalue weighted by atomic mass is 16.7. The second kappa shape index (κ2) is 17.7. The van der Waals surface area contributed by atoms with Crippen molar-refractivity contribution in [2.75, 3.05) is 46.4 Å². The van der Waals surface area contributed by atoms with Gasteiger partial charge in [-0.2, -0.15) is 0 Å². The molecule has 0 aromatic rings. The van der Waals surface area contributed by atoms with Crippen molar-refractivity contribution >= 4 is 5.97 Å². The van der Waals surface area contributed by atoms with Gasteiger partial charge in [0.2, 0.25) is 0 Å². The van der Waals surface area contributed by atoms with Gasteiger partial charge in [-0.15, -0.1) is 0 Å². The molecule has 0 unspecified atom stereocenters. The van der Waals surface area contributed by atoms with Gasteiger partial charge in [-0.3, -0.25) is 0 Å². The summed E-state index contributed by atoms with van der Waals surface area (Å²) < 4.78 is 25.5. The van der Waals surface area contributed by atoms with Crippen LogP contribution in [0.25, 0.3) is 0 Å². The van der Waals surface area contributed by atoms with E-state index in [1.165, 1.54) is 6.26 Å². The van der Waals surface area contributed by atoms with Crippen LogP contribution in [-0.4, -0.2) is 52.4 Å². The molecule has 6 heteroatoms. The van der Waals surface area contributed by atoms with E-state index < -0.39 is 5.97 Å². The Bertz CT molecular complexity index is 280. The van der Waals surface area contributed by atoms with Gasteiger partial charge < -0.3 is 23.7 Å². The van der Waals surface area contributed by atoms with E-state index in [9.17, 15) is 4.79 Å². The van der Waals surface area contributed by atoms with Crippen LogP contribution in [0.1, 0.15) is 25.7 Å². The Labute approximate surface area is 133 Å². The quantitative estimate of drug-likeness (QED) is 0.135. The number of hydrogen-bond acceptors (Lipinski definition) is 6. The van der Waals surface area contributed by atoms with Gasteiger partial charge >= 0.3 is 5.97 Å². The highest BCUT2D eigenvalue weighted by Crippen LogP contribution is 2.00. The van der Waals surface area contributed by atoms with E-state index in [-0.39, 0.29) is 13.4 Å². The number of hydrogen-bond donors (Lipinski definition) is 0. The second-order valence-electron chi connectivity index (χ2n) is 4.37. The maximum Gasteiger partial charge on any atom is 0.330 e. The number of rotatable bonds is 17. The molecule has 128 valence electrons. The van der Waals surface area contributed by atoms with Crippen molar-refractivity contribution in [1.29, 1.82) is 0 Å². The number of ether oxygens (including phenoxy) is 5. The molecule has 0 fully saturated rings. The molecule has 0 aromatic carbocycles. The zero-order valence-corrected chi connectivity index (χ0v) is 13.3. The van der Waals surface area contributed by atoms with E-state index in [1.54, 1.807) is 0 Å². The van der Waals surface area contributed by atoms with Crippen molar-refractivity contribution in [2.24, 2.45) is 0 Å². The van der Waals surface area contributed by atoms with Crippen molar-refractivity contribution in [1.82, 2.24) is 0 Å². The molecule has 0 heterocycles. The number of esters is 1. The molecule has 22 heavy (non-hydrogen) atoms. The van der Waals surface area contributed by atoms with Crippen LogP contribution in [0.5, 0.6) is 0 Å². The summed E-state index contributed by atoms with van der Waals surface area (Å²) in [6.45, 7) is 10.2. The van der Waals surface area contributed by atoms with Crippen molar-refractivity contribution in [2.45, 2.75) is 25.7 Å². The van der Waals surface area contributed by atoms with E-state index in [0.29, 0.717) is 26.4 Å². The molecule has 0 N–H and O–H groups in total. The van der Waals surface area contributed by atoms with Crippen LogP contribution in [0.3, 0.4) is 0 Å². The van der Waals surface area contributed by atoms with Gasteiger partial charge in [0.1, 0.15) is 6.61 Å². The third-order valence-corrected chi connectivity index (χ3v) is 2.61. The van der Waals surface area contributed by atoms with Crippen LogP contribution >= 0.6 is 0 Å². The molecular formula is C16H28O6. The van der Waals surface area contributed by atoms with E-state index in [2.05, 4.69) is 13.2 Å². The van der Waals surface area contributed by atoms with Crippen LogP contribution < -0.4 is 0 Å². The first-order chi connectivity index (χ1) is 10.8. The first-order valence-corrected chi connectivity index (χ1v) is 7.56. The van der Waals surface area contributed by atoms with Crippen LogP contribution in [0.4, 0.5) is 0 Å². The molecule has 0 rings (SSSR count). The minimum Gasteiger partial charge on any atom is -0.476 e. The van der Waals surface area contributed by atoms with E-state index in [1.807, 2.05) is 0 Å². The lowest BCUT2D eigenvalue weighted by Gasteiger charge is -2.06. The summed E-state index contributed by atoms with van der Waals surface area (Å²) in [5.74, 6) is -0.415. The van der Waals surface area contributed by atoms with Gasteiger partial charge in [0.15, 0.2) is 6.79 Å². The number of unbranched alkanes of at least 4 members (excludes halogenated alkanes) is 3. The Balaban J connectivity index is 3.01. The monoisotopic (exact) mass is 316 g/mol. The minimum absolute atomic E-state index is 0.222. The molecule has 0 amide bonds. The normalized spacial score (nSPS) is 10.2. The average Bonchev–Trinajstić information content (AvgIpc) is 2.54. The molecule has 0 saturated heterocycles. The predicted octanol–water partition coefficient (Wildman–Crippen LogP) is 2.44. The molecular weight excluding hydrogens is 288 g/mol. The molecule has 0 aliphatic carbocycles. The maximum atomic E-state index is 10.7. The second-order valence-corrected chi connectivity index (χ2v) is 4.37. The van der Waals surface area contributed by atoms with Crippen LogP contribution in [0, 0.1) is 0 Å². The zero-order chi connectivity index (χ0) is 16.3. The standard InChI is InChI=1S/C16H28O6/c1-3-16(17)22-14-13-20-10-8-6-5-7-9-19-11-12-21-15-18-4-2/h3-4H,1-2,5-15H2. The molecule has 6 nitrogen and oxygen atoms in total. The highest BCUT2D eigenvalue weighted by molar-refractivity contribution is 5.81. The lowest BCUT2D eigenvalue weighted by molar-refractivity contribution is -0.139. The summed E-state index contributed by atoms with van der Waals surface area (Å²) in [5, 5.41) is 0. The van der Waals surface area contributed by atoms with Gasteiger partial charge in [0.05, 0.1) is 26.1 Å². The Morgan fingerprint density at radius 3 is 1.95 bits per heavy atom. The fourth-order valence-electron chi connectivity index (χ4n) is 1.50. The summed E-state index contributed by atoms with van der Waals surface area (Å²) in [7, 11) is 0. The van der Waals surface area contributed by atoms with Gasteiger partial charge in [-0.1, -0.05) is 26.0 Å². The number of carbonyl (C=O) groups is 1. The smallest absolute Gasteiger partial charge is 0.330 e. The summed E-state index contributed by atoms with van der Waals surface area (Å²) in [6, 6.07) is 0. The maximum absolute atomic E-state index is 10.7. The highest BCUT2D eigenvalue weighted by Gasteiger charge is 1.96. The Morgan fingerprint density at radius 2 is 1.36 bits per heavy atom. The van der Waals surface area contributed by atoms with Gasteiger partial charge in [-0.05, 0) is 12.8 Å². The molecule has 0 aliphatic rings. The van der Waals surface area contributed by atoms with E-state index >= 15 is 0 Å². The molecule has 0 bridgehead atoms. The minimum atomic E-state index is -0.415. The Morgan fingerprint density at radius 1 is 0.773 bits per heavy atom. The summed E-state index contributed by atoms with van der Waals surface area (Å²) in [4.78, 5) is 10.7. The first kappa shape index (κ1) is 20.6. The van der Waals surface area contributed by atoms with Gasteiger partial charge in [-0.25, -0.2) is 4.79 Å². The number of carbonyl (C=O) groups excluding carboxylic acids is 1. The topological polar surface area (TPSA) is 63.2 Å². The van der Waals surface area contributed by atoms with Gasteiger partial charge in [0.25, 0.3) is 0 Å². The molecule has 0 spiro atoms. The molecule has 0 atom stereocenters.